The van der Waals surface area contributed by atoms with Crippen molar-refractivity contribution >= 4 is 92.8 Å². The predicted octanol–water partition coefficient (Wildman–Crippen LogP) is 11.0. The largest absolute Gasteiger partial charge is 0.476 e. The van der Waals surface area contributed by atoms with E-state index in [-0.39, 0.29) is 21.9 Å². The minimum atomic E-state index is -0.891. The molecule has 49 heavy (non-hydrogen) atoms. The van der Waals surface area contributed by atoms with E-state index in [1.54, 1.807) is 70.5 Å². The Bertz CT molecular complexity index is 2090. The Morgan fingerprint density at radius 1 is 0.510 bits per heavy atom. The highest BCUT2D eigenvalue weighted by molar-refractivity contribution is 6.36. The van der Waals surface area contributed by atoms with E-state index in [2.05, 4.69) is 0 Å². The molecule has 248 valence electrons. The van der Waals surface area contributed by atoms with Gasteiger partial charge < -0.3 is 9.47 Å². The minimum Gasteiger partial charge on any atom is -0.476 e. The van der Waals surface area contributed by atoms with Gasteiger partial charge in [0.05, 0.1) is 10.0 Å². The SMILES string of the molecule is Cc1ccc(N2C(=O)C(Oc3ccc(Cl)cc3Cl)C2c2ccc(Cl)cc2)cc1N1C(=O)C(Oc2ccc(Cl)cc2Cl)C1c1ccc(Cl)cc1. The Labute approximate surface area is 312 Å². The number of nitrogens with zero attached hydrogens (tertiary/aromatic N) is 2. The van der Waals surface area contributed by atoms with Crippen LogP contribution in [0.2, 0.25) is 30.1 Å². The number of rotatable bonds is 8. The molecule has 0 aromatic heterocycles. The normalized spacial score (nSPS) is 20.1. The molecule has 2 saturated heterocycles. The van der Waals surface area contributed by atoms with Crippen LogP contribution < -0.4 is 19.3 Å². The first-order valence-corrected chi connectivity index (χ1v) is 17.3. The number of anilines is 2. The number of ether oxygens (including phenoxy) is 2. The van der Waals surface area contributed by atoms with Crippen LogP contribution in [-0.2, 0) is 9.59 Å². The summed E-state index contributed by atoms with van der Waals surface area (Å²) >= 11 is 37.4. The van der Waals surface area contributed by atoms with Gasteiger partial charge in [-0.1, -0.05) is 99.9 Å². The summed E-state index contributed by atoms with van der Waals surface area (Å²) in [5, 5.41) is 2.57. The molecule has 0 N–H and O–H groups in total. The summed E-state index contributed by atoms with van der Waals surface area (Å²) in [6.45, 7) is 1.90. The van der Waals surface area contributed by atoms with Crippen LogP contribution in [-0.4, -0.2) is 24.0 Å². The molecule has 7 rings (SSSR count). The van der Waals surface area contributed by atoms with Gasteiger partial charge in [0.15, 0.2) is 0 Å². The fraction of sp³-hybridized carbons (Fsp3) is 0.135. The second-order valence-corrected chi connectivity index (χ2v) is 14.2. The summed E-state index contributed by atoms with van der Waals surface area (Å²) < 4.78 is 12.4. The summed E-state index contributed by atoms with van der Waals surface area (Å²) in [5.74, 6) is 0.0892. The third-order valence-corrected chi connectivity index (χ3v) is 10.1. The van der Waals surface area contributed by atoms with E-state index in [4.69, 9.17) is 79.1 Å². The zero-order chi connectivity index (χ0) is 34.6. The monoisotopic (exact) mass is 770 g/mol. The lowest BCUT2D eigenvalue weighted by Gasteiger charge is -2.49. The van der Waals surface area contributed by atoms with Gasteiger partial charge in [-0.15, -0.1) is 0 Å². The molecule has 0 radical (unpaired) electrons. The van der Waals surface area contributed by atoms with Crippen molar-refractivity contribution in [2.24, 2.45) is 0 Å². The highest BCUT2D eigenvalue weighted by Crippen LogP contribution is 2.48. The van der Waals surface area contributed by atoms with Crippen molar-refractivity contribution in [3.8, 4) is 11.5 Å². The molecule has 2 amide bonds. The number of carbonyl (C=O) groups is 2. The van der Waals surface area contributed by atoms with Gasteiger partial charge in [0.1, 0.15) is 23.6 Å². The maximum Gasteiger partial charge on any atom is 0.271 e. The number of halogens is 6. The average molecular weight is 773 g/mol. The van der Waals surface area contributed by atoms with Crippen LogP contribution in [0.5, 0.6) is 11.5 Å². The van der Waals surface area contributed by atoms with Crippen molar-refractivity contribution in [1.82, 2.24) is 0 Å². The molecule has 2 aliphatic rings. The molecule has 4 unspecified atom stereocenters. The first-order chi connectivity index (χ1) is 23.5. The van der Waals surface area contributed by atoms with E-state index in [0.717, 1.165) is 16.7 Å². The van der Waals surface area contributed by atoms with Gasteiger partial charge in [-0.3, -0.25) is 19.4 Å². The molecule has 0 aliphatic carbocycles. The van der Waals surface area contributed by atoms with Gasteiger partial charge in [0.25, 0.3) is 11.8 Å². The molecule has 12 heteroatoms. The fourth-order valence-electron chi connectivity index (χ4n) is 6.10. The van der Waals surface area contributed by atoms with E-state index in [0.29, 0.717) is 43.0 Å². The van der Waals surface area contributed by atoms with Crippen molar-refractivity contribution in [3.63, 3.8) is 0 Å². The van der Waals surface area contributed by atoms with Crippen molar-refractivity contribution in [3.05, 3.63) is 150 Å². The van der Waals surface area contributed by atoms with Crippen LogP contribution in [0.4, 0.5) is 11.4 Å². The third kappa shape index (κ3) is 6.43. The van der Waals surface area contributed by atoms with Gasteiger partial charge in [-0.25, -0.2) is 0 Å². The first-order valence-electron chi connectivity index (χ1n) is 15.0. The zero-order valence-corrected chi connectivity index (χ0v) is 30.0. The van der Waals surface area contributed by atoms with Crippen LogP contribution in [0.25, 0.3) is 0 Å². The Morgan fingerprint density at radius 2 is 0.939 bits per heavy atom. The summed E-state index contributed by atoms with van der Waals surface area (Å²) in [6.07, 6.45) is -1.78. The Morgan fingerprint density at radius 3 is 1.41 bits per heavy atom. The molecule has 0 bridgehead atoms. The predicted molar refractivity (Wildman–Crippen MR) is 196 cm³/mol. The first kappa shape index (κ1) is 33.9. The van der Waals surface area contributed by atoms with Crippen LogP contribution in [0.1, 0.15) is 28.8 Å². The van der Waals surface area contributed by atoms with Crippen LogP contribution in [0.15, 0.2) is 103 Å². The summed E-state index contributed by atoms with van der Waals surface area (Å²) in [5.41, 5.74) is 3.60. The van der Waals surface area contributed by atoms with E-state index < -0.39 is 24.3 Å². The molecule has 0 spiro atoms. The smallest absolute Gasteiger partial charge is 0.271 e. The average Bonchev–Trinajstić information content (AvgIpc) is 3.07. The Hall–Kier alpha value is -3.62. The number of aryl methyl sites for hydroxylation is 1. The Kier molecular flexibility index (Phi) is 9.39. The van der Waals surface area contributed by atoms with E-state index in [1.807, 2.05) is 49.4 Å². The van der Waals surface area contributed by atoms with Crippen molar-refractivity contribution in [2.45, 2.75) is 31.2 Å². The summed E-state index contributed by atoms with van der Waals surface area (Å²) in [7, 11) is 0. The minimum absolute atomic E-state index is 0.283. The number of benzene rings is 5. The van der Waals surface area contributed by atoms with Crippen LogP contribution >= 0.6 is 69.6 Å². The Balaban J connectivity index is 1.25. The molecule has 4 atom stereocenters. The quantitative estimate of drug-likeness (QED) is 0.147. The van der Waals surface area contributed by atoms with Gasteiger partial charge >= 0.3 is 0 Å². The molecule has 5 aromatic carbocycles. The van der Waals surface area contributed by atoms with Crippen LogP contribution in [0, 0.1) is 6.92 Å². The molecular formula is C37H24Cl6N2O4. The van der Waals surface area contributed by atoms with Gasteiger partial charge in [0.2, 0.25) is 12.2 Å². The molecule has 0 saturated carbocycles. The molecule has 5 aromatic rings. The zero-order valence-electron chi connectivity index (χ0n) is 25.4. The van der Waals surface area contributed by atoms with E-state index in [9.17, 15) is 9.59 Å². The molecule has 6 nitrogen and oxygen atoms in total. The topological polar surface area (TPSA) is 59.1 Å². The standard InChI is InChI=1S/C37H24Cl6N2O4/c1-19-2-13-26(44-32(20-3-7-22(38)8-4-20)34(36(44)46)48-30-14-11-24(40)16-27(30)42)18-29(19)45-33(21-5-9-23(39)10-6-21)35(37(45)47)49-31-15-12-25(41)17-28(31)43/h2-18,32-35H,1H3. The number of β-lactam (4-membered cyclic amide) rings is 2. The fourth-order valence-corrected chi connectivity index (χ4v) is 7.26. The highest BCUT2D eigenvalue weighted by atomic mass is 35.5. The summed E-state index contributed by atoms with van der Waals surface area (Å²) in [4.78, 5) is 31.2. The van der Waals surface area contributed by atoms with Crippen molar-refractivity contribution in [1.29, 1.82) is 0 Å². The third-order valence-electron chi connectivity index (χ3n) is 8.54. The van der Waals surface area contributed by atoms with Gasteiger partial charge in [0, 0.05) is 31.5 Å². The van der Waals surface area contributed by atoms with Crippen molar-refractivity contribution in [2.75, 3.05) is 9.80 Å². The van der Waals surface area contributed by atoms with E-state index in [1.165, 1.54) is 0 Å². The maximum absolute atomic E-state index is 14.0. The molecule has 2 aliphatic heterocycles. The van der Waals surface area contributed by atoms with Gasteiger partial charge in [-0.05, 0) is 96.4 Å². The second kappa shape index (κ2) is 13.6. The number of carbonyl (C=O) groups excluding carboxylic acids is 2. The number of hydrogen-bond acceptors (Lipinski definition) is 4. The van der Waals surface area contributed by atoms with Crippen molar-refractivity contribution < 1.29 is 19.1 Å². The molecular weight excluding hydrogens is 749 g/mol. The lowest BCUT2D eigenvalue weighted by molar-refractivity contribution is -0.135. The molecule has 2 fully saturated rings. The van der Waals surface area contributed by atoms with Gasteiger partial charge in [-0.2, -0.15) is 0 Å². The van der Waals surface area contributed by atoms with E-state index >= 15 is 0 Å². The lowest BCUT2D eigenvalue weighted by atomic mass is 9.87. The maximum atomic E-state index is 14.0. The number of amides is 2. The number of hydrogen-bond donors (Lipinski definition) is 0. The highest BCUT2D eigenvalue weighted by Gasteiger charge is 2.54. The summed E-state index contributed by atoms with van der Waals surface area (Å²) in [6, 6.07) is 28.6. The van der Waals surface area contributed by atoms with Crippen LogP contribution in [0.3, 0.4) is 0 Å². The molecule has 2 heterocycles. The second-order valence-electron chi connectivity index (χ2n) is 11.6. The lowest BCUT2D eigenvalue weighted by Crippen LogP contribution is -2.62.